The van der Waals surface area contributed by atoms with E-state index < -0.39 is 48.4 Å². The maximum Gasteiger partial charge on any atom is 0.326 e. The summed E-state index contributed by atoms with van der Waals surface area (Å²) in [5.41, 5.74) is 16.4. The highest BCUT2D eigenvalue weighted by Gasteiger charge is 2.27. The van der Waals surface area contributed by atoms with E-state index in [0.717, 1.165) is 0 Å². The summed E-state index contributed by atoms with van der Waals surface area (Å²) in [5, 5.41) is 16.7. The molecule has 184 valence electrons. The lowest BCUT2D eigenvalue weighted by molar-refractivity contribution is -0.143. The maximum atomic E-state index is 12.5. The number of hydrogen-bond acceptors (Lipinski definition) is 7. The van der Waals surface area contributed by atoms with Crippen molar-refractivity contribution >= 4 is 41.4 Å². The molecule has 3 amide bonds. The van der Waals surface area contributed by atoms with Gasteiger partial charge in [-0.1, -0.05) is 20.3 Å². The molecule has 12 nitrogen and oxygen atoms in total. The van der Waals surface area contributed by atoms with Crippen molar-refractivity contribution in [3.63, 3.8) is 0 Å². The lowest BCUT2D eigenvalue weighted by Gasteiger charge is -2.22. The summed E-state index contributed by atoms with van der Waals surface area (Å²) in [7, 11) is 0. The first-order chi connectivity index (χ1) is 15.0. The predicted octanol–water partition coefficient (Wildman–Crippen LogP) is -1.66. The number of aliphatic imine (C=N–C) groups is 1. The molecular weight excluding hydrogens is 438 g/mol. The minimum Gasteiger partial charge on any atom is -0.480 e. The standard InChI is InChI=1S/C19H37N7O5S/c1-4-11(2)15(18(30)31)26-14(27)10-24-17(29)13(7-9-32-3)25-16(28)12(20)6-5-8-23-19(21)22/h11-13,15H,4-10,20H2,1-3H3,(H,24,29)(H,25,28)(H,26,27)(H,30,31)(H4,21,22,23). The lowest BCUT2D eigenvalue weighted by atomic mass is 9.99. The van der Waals surface area contributed by atoms with Gasteiger partial charge in [0.25, 0.3) is 0 Å². The smallest absolute Gasteiger partial charge is 0.326 e. The highest BCUT2D eigenvalue weighted by molar-refractivity contribution is 7.98. The van der Waals surface area contributed by atoms with Gasteiger partial charge in [-0.3, -0.25) is 19.4 Å². The van der Waals surface area contributed by atoms with Crippen molar-refractivity contribution in [3.05, 3.63) is 0 Å². The number of nitrogens with two attached hydrogens (primary N) is 3. The van der Waals surface area contributed by atoms with Gasteiger partial charge in [-0.05, 0) is 37.2 Å². The SMILES string of the molecule is CCC(C)C(NC(=O)CNC(=O)C(CCSC)NC(=O)C(N)CCCN=C(N)N)C(=O)O. The number of rotatable bonds is 16. The molecule has 4 unspecified atom stereocenters. The number of carbonyl (C=O) groups excluding carboxylic acids is 3. The number of guanidine groups is 1. The van der Waals surface area contributed by atoms with Gasteiger partial charge in [0.2, 0.25) is 17.7 Å². The molecule has 0 spiro atoms. The second kappa shape index (κ2) is 16.1. The molecule has 0 radical (unpaired) electrons. The van der Waals surface area contributed by atoms with Crippen molar-refractivity contribution in [2.75, 3.05) is 25.1 Å². The Kier molecular flexibility index (Phi) is 14.9. The van der Waals surface area contributed by atoms with Gasteiger partial charge in [-0.2, -0.15) is 11.8 Å². The average molecular weight is 476 g/mol. The zero-order chi connectivity index (χ0) is 24.7. The summed E-state index contributed by atoms with van der Waals surface area (Å²) in [6.07, 6.45) is 3.59. The van der Waals surface area contributed by atoms with Crippen LogP contribution in [0.15, 0.2) is 4.99 Å². The minimum absolute atomic E-state index is 0.0420. The number of hydrogen-bond donors (Lipinski definition) is 7. The molecule has 0 heterocycles. The maximum absolute atomic E-state index is 12.5. The Balaban J connectivity index is 4.79. The van der Waals surface area contributed by atoms with Gasteiger partial charge < -0.3 is 38.3 Å². The van der Waals surface area contributed by atoms with Crippen LogP contribution in [-0.2, 0) is 19.2 Å². The molecule has 0 aliphatic rings. The predicted molar refractivity (Wildman–Crippen MR) is 125 cm³/mol. The van der Waals surface area contributed by atoms with Crippen molar-refractivity contribution < 1.29 is 24.3 Å². The summed E-state index contributed by atoms with van der Waals surface area (Å²) in [6.45, 7) is 3.46. The minimum atomic E-state index is -1.14. The summed E-state index contributed by atoms with van der Waals surface area (Å²) < 4.78 is 0. The van der Waals surface area contributed by atoms with Gasteiger partial charge in [0, 0.05) is 6.54 Å². The molecule has 0 aliphatic heterocycles. The van der Waals surface area contributed by atoms with E-state index in [1.165, 1.54) is 11.8 Å². The molecule has 13 heteroatoms. The summed E-state index contributed by atoms with van der Waals surface area (Å²) in [5.74, 6) is -2.53. The van der Waals surface area contributed by atoms with Crippen LogP contribution in [-0.4, -0.2) is 78.0 Å². The molecule has 0 saturated carbocycles. The molecule has 0 rings (SSSR count). The first-order valence-corrected chi connectivity index (χ1v) is 11.8. The van der Waals surface area contributed by atoms with Crippen LogP contribution in [0.2, 0.25) is 0 Å². The Hall–Kier alpha value is -2.54. The third kappa shape index (κ3) is 12.3. The van der Waals surface area contributed by atoms with Gasteiger partial charge in [0.15, 0.2) is 5.96 Å². The molecule has 0 fully saturated rings. The lowest BCUT2D eigenvalue weighted by Crippen LogP contribution is -2.54. The van der Waals surface area contributed by atoms with E-state index in [0.29, 0.717) is 38.0 Å². The van der Waals surface area contributed by atoms with Gasteiger partial charge in [0.1, 0.15) is 12.1 Å². The zero-order valence-electron chi connectivity index (χ0n) is 18.9. The van der Waals surface area contributed by atoms with E-state index in [1.54, 1.807) is 6.92 Å². The number of carboxylic acid groups (broad SMARTS) is 1. The molecule has 10 N–H and O–H groups in total. The van der Waals surface area contributed by atoms with Crippen molar-refractivity contribution in [2.45, 2.75) is 57.7 Å². The first kappa shape index (κ1) is 29.5. The van der Waals surface area contributed by atoms with Crippen molar-refractivity contribution in [1.29, 1.82) is 0 Å². The quantitative estimate of drug-likeness (QED) is 0.0771. The van der Waals surface area contributed by atoms with E-state index in [-0.39, 0.29) is 11.9 Å². The molecule has 0 aliphatic carbocycles. The van der Waals surface area contributed by atoms with Crippen LogP contribution in [0.5, 0.6) is 0 Å². The Morgan fingerprint density at radius 1 is 1.09 bits per heavy atom. The molecule has 4 atom stereocenters. The Bertz CT molecular complexity index is 658. The summed E-state index contributed by atoms with van der Waals surface area (Å²) >= 11 is 1.50. The third-order valence-electron chi connectivity index (χ3n) is 4.77. The van der Waals surface area contributed by atoms with Crippen LogP contribution in [0, 0.1) is 5.92 Å². The summed E-state index contributed by atoms with van der Waals surface area (Å²) in [6, 6.07) is -2.77. The number of nitrogens with zero attached hydrogens (tertiary/aromatic N) is 1. The average Bonchev–Trinajstić information content (AvgIpc) is 2.74. The van der Waals surface area contributed by atoms with Gasteiger partial charge in [0.05, 0.1) is 12.6 Å². The molecule has 32 heavy (non-hydrogen) atoms. The van der Waals surface area contributed by atoms with Crippen LogP contribution in [0.4, 0.5) is 0 Å². The number of carbonyl (C=O) groups is 4. The fourth-order valence-electron chi connectivity index (χ4n) is 2.63. The number of aliphatic carboxylic acids is 1. The van der Waals surface area contributed by atoms with Crippen LogP contribution >= 0.6 is 11.8 Å². The van der Waals surface area contributed by atoms with Crippen LogP contribution in [0.25, 0.3) is 0 Å². The fraction of sp³-hybridized carbons (Fsp3) is 0.737. The second-order valence-electron chi connectivity index (χ2n) is 7.38. The largest absolute Gasteiger partial charge is 0.480 e. The molecule has 0 aromatic heterocycles. The van der Waals surface area contributed by atoms with Crippen LogP contribution in [0.1, 0.15) is 39.5 Å². The van der Waals surface area contributed by atoms with E-state index in [1.807, 2.05) is 13.2 Å². The van der Waals surface area contributed by atoms with Crippen molar-refractivity contribution in [1.82, 2.24) is 16.0 Å². The van der Waals surface area contributed by atoms with Gasteiger partial charge in [-0.25, -0.2) is 4.79 Å². The monoisotopic (exact) mass is 475 g/mol. The van der Waals surface area contributed by atoms with Crippen LogP contribution < -0.4 is 33.2 Å². The van der Waals surface area contributed by atoms with E-state index in [4.69, 9.17) is 17.2 Å². The third-order valence-corrected chi connectivity index (χ3v) is 5.41. The summed E-state index contributed by atoms with van der Waals surface area (Å²) in [4.78, 5) is 52.2. The highest BCUT2D eigenvalue weighted by atomic mass is 32.2. The van der Waals surface area contributed by atoms with Gasteiger partial charge >= 0.3 is 5.97 Å². The molecule has 0 bridgehead atoms. The number of carboxylic acids is 1. The van der Waals surface area contributed by atoms with Gasteiger partial charge in [-0.15, -0.1) is 0 Å². The molecule has 0 saturated heterocycles. The second-order valence-corrected chi connectivity index (χ2v) is 8.37. The first-order valence-electron chi connectivity index (χ1n) is 10.4. The molecule has 0 aromatic carbocycles. The number of nitrogens with one attached hydrogen (secondary N) is 3. The van der Waals surface area contributed by atoms with E-state index in [9.17, 15) is 24.3 Å². The molecular formula is C19H37N7O5S. The molecule has 0 aromatic rings. The fourth-order valence-corrected chi connectivity index (χ4v) is 3.10. The van der Waals surface area contributed by atoms with E-state index in [2.05, 4.69) is 20.9 Å². The van der Waals surface area contributed by atoms with Crippen LogP contribution in [0.3, 0.4) is 0 Å². The Morgan fingerprint density at radius 3 is 2.28 bits per heavy atom. The normalized spacial score (nSPS) is 14.4. The number of amides is 3. The van der Waals surface area contributed by atoms with E-state index >= 15 is 0 Å². The Labute approximate surface area is 192 Å². The Morgan fingerprint density at radius 2 is 1.75 bits per heavy atom. The zero-order valence-corrected chi connectivity index (χ0v) is 19.7. The van der Waals surface area contributed by atoms with Crippen molar-refractivity contribution in [3.8, 4) is 0 Å². The van der Waals surface area contributed by atoms with Crippen molar-refractivity contribution in [2.24, 2.45) is 28.1 Å². The number of thioether (sulfide) groups is 1. The highest BCUT2D eigenvalue weighted by Crippen LogP contribution is 2.08. The topological polar surface area (TPSA) is 215 Å².